The minimum absolute atomic E-state index is 0.0332. The molecule has 0 bridgehead atoms. The Kier molecular flexibility index (Phi) is 7.57. The van der Waals surface area contributed by atoms with E-state index >= 15 is 0 Å². The van der Waals surface area contributed by atoms with Crippen molar-refractivity contribution in [3.63, 3.8) is 0 Å². The average Bonchev–Trinajstić information content (AvgIpc) is 2.88. The van der Waals surface area contributed by atoms with Gasteiger partial charge in [0.2, 0.25) is 0 Å². The minimum Gasteiger partial charge on any atom is -0.384 e. The number of hydrogen-bond donors (Lipinski definition) is 4. The molecule has 2 aliphatic heterocycles. The topological polar surface area (TPSA) is 147 Å². The van der Waals surface area contributed by atoms with E-state index in [1.54, 1.807) is 46.0 Å². The van der Waals surface area contributed by atoms with E-state index in [9.17, 15) is 9.59 Å². The van der Waals surface area contributed by atoms with Crippen LogP contribution in [0.1, 0.15) is 26.3 Å². The van der Waals surface area contributed by atoms with Gasteiger partial charge in [-0.3, -0.25) is 20.4 Å². The molecule has 2 aliphatic rings. The normalized spacial score (nSPS) is 16.7. The first kappa shape index (κ1) is 24.6. The van der Waals surface area contributed by atoms with Crippen molar-refractivity contribution < 1.29 is 9.59 Å². The maximum absolute atomic E-state index is 13.1. The van der Waals surface area contributed by atoms with E-state index < -0.39 is 0 Å². The van der Waals surface area contributed by atoms with E-state index in [1.807, 2.05) is 29.2 Å². The van der Waals surface area contributed by atoms with E-state index in [4.69, 9.17) is 22.3 Å². The molecule has 35 heavy (non-hydrogen) atoms. The summed E-state index contributed by atoms with van der Waals surface area (Å²) in [6.45, 7) is 4.88. The van der Waals surface area contributed by atoms with Crippen LogP contribution in [0.4, 0.5) is 0 Å². The molecule has 10 nitrogen and oxygen atoms in total. The number of nitrogens with zero attached hydrogens (tertiary/aromatic N) is 4. The zero-order valence-corrected chi connectivity index (χ0v) is 20.3. The largest absolute Gasteiger partial charge is 0.384 e. The summed E-state index contributed by atoms with van der Waals surface area (Å²) in [5.41, 5.74) is 12.8. The number of amidine groups is 1. The van der Waals surface area contributed by atoms with Crippen molar-refractivity contribution in [1.29, 1.82) is 10.8 Å². The lowest BCUT2D eigenvalue weighted by Gasteiger charge is -2.35. The van der Waals surface area contributed by atoms with Crippen LogP contribution in [0.2, 0.25) is 0 Å². The lowest BCUT2D eigenvalue weighted by atomic mass is 10.1. The Morgan fingerprint density at radius 2 is 1.20 bits per heavy atom. The zero-order chi connectivity index (χ0) is 24.9. The number of nitrogens with two attached hydrogens (primary N) is 2. The quantitative estimate of drug-likeness (QED) is 0.276. The minimum atomic E-state index is -0.0875. The smallest absolute Gasteiger partial charge is 0.254 e. The van der Waals surface area contributed by atoms with Crippen LogP contribution < -0.4 is 11.5 Å². The molecule has 184 valence electrons. The summed E-state index contributed by atoms with van der Waals surface area (Å²) in [6.07, 6.45) is 0. The van der Waals surface area contributed by atoms with E-state index in [0.29, 0.717) is 56.0 Å². The van der Waals surface area contributed by atoms with Crippen molar-refractivity contribution in [1.82, 2.24) is 19.0 Å². The van der Waals surface area contributed by atoms with Crippen molar-refractivity contribution in [2.45, 2.75) is 4.90 Å². The molecule has 0 aromatic heterocycles. The summed E-state index contributed by atoms with van der Waals surface area (Å²) in [4.78, 5) is 32.3. The molecule has 2 heterocycles. The number of nitrogens with one attached hydrogen (secondary N) is 2. The molecule has 6 N–H and O–H groups in total. The number of nitrogen functional groups attached to an aromatic ring is 1. The van der Waals surface area contributed by atoms with Crippen LogP contribution in [0.25, 0.3) is 0 Å². The molecule has 11 heteroatoms. The second kappa shape index (κ2) is 10.8. The van der Waals surface area contributed by atoms with E-state index in [1.165, 1.54) is 0 Å². The van der Waals surface area contributed by atoms with Gasteiger partial charge in [0.25, 0.3) is 11.8 Å². The summed E-state index contributed by atoms with van der Waals surface area (Å²) < 4.78 is 2.22. The maximum Gasteiger partial charge on any atom is 0.254 e. The van der Waals surface area contributed by atoms with Crippen LogP contribution in [0.3, 0.4) is 0 Å². The lowest BCUT2D eigenvalue weighted by Crippen LogP contribution is -2.50. The van der Waals surface area contributed by atoms with Crippen LogP contribution in [0, 0.1) is 10.8 Å². The Labute approximate surface area is 209 Å². The standard InChI is InChI=1S/C24H30N8O2S/c25-21(26)17-4-6-18(7-5-17)22(33)29-8-10-30(11-9-29)23(34)19-2-1-3-20(16-19)35-32-14-12-31(13-15-32)24(27)28/h1-7,16H,8-15H2,(H3,25,26)(H3,27,28). The average molecular weight is 495 g/mol. The molecule has 0 unspecified atom stereocenters. The molecule has 0 spiro atoms. The molecule has 2 amide bonds. The number of piperazine rings is 2. The number of rotatable bonds is 5. The Bertz CT molecular complexity index is 1110. The summed E-state index contributed by atoms with van der Waals surface area (Å²) in [6, 6.07) is 14.3. The van der Waals surface area contributed by atoms with Gasteiger partial charge in [-0.25, -0.2) is 4.31 Å². The van der Waals surface area contributed by atoms with Gasteiger partial charge in [0.05, 0.1) is 0 Å². The zero-order valence-electron chi connectivity index (χ0n) is 19.4. The van der Waals surface area contributed by atoms with Gasteiger partial charge in [0.15, 0.2) is 5.96 Å². The summed E-state index contributed by atoms with van der Waals surface area (Å²) in [7, 11) is 0. The van der Waals surface area contributed by atoms with Crippen LogP contribution in [0.15, 0.2) is 53.4 Å². The number of benzene rings is 2. The fourth-order valence-corrected chi connectivity index (χ4v) is 5.09. The van der Waals surface area contributed by atoms with Gasteiger partial charge in [-0.2, -0.15) is 0 Å². The predicted octanol–water partition coefficient (Wildman–Crippen LogP) is 1.09. The second-order valence-corrected chi connectivity index (χ2v) is 9.67. The molecule has 0 atom stereocenters. The lowest BCUT2D eigenvalue weighted by molar-refractivity contribution is 0.0535. The summed E-state index contributed by atoms with van der Waals surface area (Å²) in [5, 5.41) is 15.0. The van der Waals surface area contributed by atoms with Crippen LogP contribution in [0.5, 0.6) is 0 Å². The molecular weight excluding hydrogens is 464 g/mol. The monoisotopic (exact) mass is 494 g/mol. The number of carbonyl (C=O) groups excluding carboxylic acids is 2. The summed E-state index contributed by atoms with van der Waals surface area (Å²) in [5.74, 6) is -0.0497. The van der Waals surface area contributed by atoms with Crippen molar-refractivity contribution in [2.24, 2.45) is 11.5 Å². The Morgan fingerprint density at radius 1 is 0.686 bits per heavy atom. The van der Waals surface area contributed by atoms with Crippen molar-refractivity contribution in [2.75, 3.05) is 52.4 Å². The van der Waals surface area contributed by atoms with Gasteiger partial charge < -0.3 is 26.2 Å². The Balaban J connectivity index is 1.31. The van der Waals surface area contributed by atoms with Gasteiger partial charge in [-0.05, 0) is 42.3 Å². The first-order valence-corrected chi connectivity index (χ1v) is 12.2. The number of amides is 2. The van der Waals surface area contributed by atoms with Gasteiger partial charge in [-0.15, -0.1) is 0 Å². The van der Waals surface area contributed by atoms with E-state index in [0.717, 1.165) is 18.0 Å². The van der Waals surface area contributed by atoms with Gasteiger partial charge in [0, 0.05) is 73.9 Å². The van der Waals surface area contributed by atoms with Gasteiger partial charge >= 0.3 is 0 Å². The predicted molar refractivity (Wildman–Crippen MR) is 137 cm³/mol. The molecule has 2 saturated heterocycles. The van der Waals surface area contributed by atoms with Gasteiger partial charge in [0.1, 0.15) is 5.84 Å². The second-order valence-electron chi connectivity index (χ2n) is 8.50. The first-order chi connectivity index (χ1) is 16.8. The molecule has 0 saturated carbocycles. The highest BCUT2D eigenvalue weighted by Gasteiger charge is 2.26. The molecule has 2 fully saturated rings. The number of carbonyl (C=O) groups is 2. The molecular formula is C24H30N8O2S. The van der Waals surface area contributed by atoms with E-state index in [-0.39, 0.29) is 23.6 Å². The first-order valence-electron chi connectivity index (χ1n) is 11.5. The van der Waals surface area contributed by atoms with Crippen LogP contribution >= 0.6 is 11.9 Å². The highest BCUT2D eigenvalue weighted by molar-refractivity contribution is 7.97. The number of hydrogen-bond acceptors (Lipinski definition) is 6. The third kappa shape index (κ3) is 5.92. The third-order valence-electron chi connectivity index (χ3n) is 6.19. The maximum atomic E-state index is 13.1. The number of guanidine groups is 1. The SMILES string of the molecule is N=C(N)c1ccc(C(=O)N2CCN(C(=O)c3cccc(SN4CCN(C(=N)N)CC4)c3)CC2)cc1. The Morgan fingerprint density at radius 3 is 1.74 bits per heavy atom. The fourth-order valence-electron chi connectivity index (χ4n) is 4.13. The van der Waals surface area contributed by atoms with Gasteiger partial charge in [-0.1, -0.05) is 18.2 Å². The third-order valence-corrected chi connectivity index (χ3v) is 7.28. The van der Waals surface area contributed by atoms with Crippen molar-refractivity contribution >= 4 is 35.6 Å². The highest BCUT2D eigenvalue weighted by atomic mass is 32.2. The fraction of sp³-hybridized carbons (Fsp3) is 0.333. The van der Waals surface area contributed by atoms with E-state index in [2.05, 4.69) is 4.31 Å². The molecule has 4 rings (SSSR count). The molecule has 2 aromatic carbocycles. The molecule has 0 aliphatic carbocycles. The molecule has 2 aromatic rings. The van der Waals surface area contributed by atoms with Crippen molar-refractivity contribution in [3.05, 3.63) is 65.2 Å². The highest BCUT2D eigenvalue weighted by Crippen LogP contribution is 2.25. The van der Waals surface area contributed by atoms with Crippen LogP contribution in [-0.4, -0.2) is 95.0 Å². The summed E-state index contributed by atoms with van der Waals surface area (Å²) >= 11 is 1.61. The van der Waals surface area contributed by atoms with Crippen molar-refractivity contribution in [3.8, 4) is 0 Å². The Hall–Kier alpha value is -3.57. The van der Waals surface area contributed by atoms with Crippen LogP contribution in [-0.2, 0) is 0 Å². The molecule has 0 radical (unpaired) electrons.